The van der Waals surface area contributed by atoms with Crippen LogP contribution in [0.1, 0.15) is 78.1 Å². The molecule has 0 bridgehead atoms. The van der Waals surface area contributed by atoms with E-state index in [-0.39, 0.29) is 0 Å². The lowest BCUT2D eigenvalue weighted by molar-refractivity contribution is 0.0313. The molecular formula is C14H31NO2. The van der Waals surface area contributed by atoms with Crippen molar-refractivity contribution >= 4 is 0 Å². The molecule has 0 heterocycles. The molecule has 0 fully saturated rings. The first-order chi connectivity index (χ1) is 8.20. The lowest BCUT2D eigenvalue weighted by atomic mass is 10.1. The monoisotopic (exact) mass is 245 g/mol. The maximum atomic E-state index is 9.65. The van der Waals surface area contributed by atoms with E-state index in [9.17, 15) is 10.2 Å². The SMILES string of the molecule is CCCCCCCCC(O)NC(O)CCCC. The van der Waals surface area contributed by atoms with Crippen molar-refractivity contribution in [3.05, 3.63) is 0 Å². The molecule has 0 aliphatic heterocycles. The van der Waals surface area contributed by atoms with Gasteiger partial charge in [0.1, 0.15) is 12.5 Å². The summed E-state index contributed by atoms with van der Waals surface area (Å²) in [4.78, 5) is 0. The summed E-state index contributed by atoms with van der Waals surface area (Å²) in [7, 11) is 0. The first kappa shape index (κ1) is 16.9. The van der Waals surface area contributed by atoms with Crippen LogP contribution in [-0.4, -0.2) is 22.7 Å². The third-order valence-corrected chi connectivity index (χ3v) is 3.05. The molecule has 2 atom stereocenters. The third kappa shape index (κ3) is 12.1. The second-order valence-corrected chi connectivity index (χ2v) is 4.90. The molecule has 3 nitrogen and oxygen atoms in total. The highest BCUT2D eigenvalue weighted by Crippen LogP contribution is 2.08. The van der Waals surface area contributed by atoms with Crippen molar-refractivity contribution in [2.45, 2.75) is 90.5 Å². The van der Waals surface area contributed by atoms with Crippen LogP contribution in [0.3, 0.4) is 0 Å². The predicted molar refractivity (Wildman–Crippen MR) is 72.7 cm³/mol. The van der Waals surface area contributed by atoms with Crippen LogP contribution in [0.5, 0.6) is 0 Å². The van der Waals surface area contributed by atoms with Crippen molar-refractivity contribution in [3.63, 3.8) is 0 Å². The van der Waals surface area contributed by atoms with Crippen molar-refractivity contribution in [2.75, 3.05) is 0 Å². The highest BCUT2D eigenvalue weighted by atomic mass is 16.3. The Bertz CT molecular complexity index is 153. The summed E-state index contributed by atoms with van der Waals surface area (Å²) >= 11 is 0. The molecule has 0 radical (unpaired) electrons. The Balaban J connectivity index is 3.30. The summed E-state index contributed by atoms with van der Waals surface area (Å²) in [5.41, 5.74) is 0. The van der Waals surface area contributed by atoms with Crippen LogP contribution in [0, 0.1) is 0 Å². The Morgan fingerprint density at radius 3 is 1.76 bits per heavy atom. The Labute approximate surface area is 107 Å². The fourth-order valence-corrected chi connectivity index (χ4v) is 1.90. The molecule has 0 aromatic heterocycles. The number of rotatable bonds is 12. The predicted octanol–water partition coefficient (Wildman–Crippen LogP) is 3.15. The molecule has 3 N–H and O–H groups in total. The molecule has 0 aromatic rings. The fraction of sp³-hybridized carbons (Fsp3) is 1.00. The molecule has 0 saturated carbocycles. The van der Waals surface area contributed by atoms with Crippen LogP contribution in [0.25, 0.3) is 0 Å². The second-order valence-electron chi connectivity index (χ2n) is 4.90. The zero-order chi connectivity index (χ0) is 12.9. The molecule has 0 aliphatic rings. The summed E-state index contributed by atoms with van der Waals surface area (Å²) in [6.45, 7) is 4.31. The van der Waals surface area contributed by atoms with Gasteiger partial charge in [-0.15, -0.1) is 0 Å². The molecule has 0 spiro atoms. The van der Waals surface area contributed by atoms with E-state index in [1.54, 1.807) is 0 Å². The third-order valence-electron chi connectivity index (χ3n) is 3.05. The van der Waals surface area contributed by atoms with Gasteiger partial charge in [0.05, 0.1) is 0 Å². The summed E-state index contributed by atoms with van der Waals surface area (Å²) < 4.78 is 0. The molecule has 0 saturated heterocycles. The van der Waals surface area contributed by atoms with E-state index in [1.165, 1.54) is 32.1 Å². The topological polar surface area (TPSA) is 52.5 Å². The lowest BCUT2D eigenvalue weighted by Crippen LogP contribution is -2.38. The van der Waals surface area contributed by atoms with Gasteiger partial charge in [-0.05, 0) is 25.7 Å². The Morgan fingerprint density at radius 2 is 1.18 bits per heavy atom. The van der Waals surface area contributed by atoms with Crippen molar-refractivity contribution in [2.24, 2.45) is 0 Å². The first-order valence-electron chi connectivity index (χ1n) is 7.32. The van der Waals surface area contributed by atoms with Gasteiger partial charge in [0.15, 0.2) is 0 Å². The number of aliphatic hydroxyl groups is 2. The smallest absolute Gasteiger partial charge is 0.106 e. The van der Waals surface area contributed by atoms with E-state index >= 15 is 0 Å². The van der Waals surface area contributed by atoms with Crippen molar-refractivity contribution in [1.29, 1.82) is 0 Å². The van der Waals surface area contributed by atoms with Crippen LogP contribution in [0.15, 0.2) is 0 Å². The van der Waals surface area contributed by atoms with Crippen molar-refractivity contribution in [1.82, 2.24) is 5.32 Å². The lowest BCUT2D eigenvalue weighted by Gasteiger charge is -2.17. The Hall–Kier alpha value is -0.120. The van der Waals surface area contributed by atoms with Gasteiger partial charge < -0.3 is 10.2 Å². The molecule has 0 aliphatic carbocycles. The highest BCUT2D eigenvalue weighted by Gasteiger charge is 2.08. The average Bonchev–Trinajstić information content (AvgIpc) is 2.31. The van der Waals surface area contributed by atoms with Crippen LogP contribution in [0.2, 0.25) is 0 Å². The Morgan fingerprint density at radius 1 is 0.706 bits per heavy atom. The molecule has 2 unspecified atom stereocenters. The van der Waals surface area contributed by atoms with Gasteiger partial charge in [0.25, 0.3) is 0 Å². The summed E-state index contributed by atoms with van der Waals surface area (Å²) in [5.74, 6) is 0. The first-order valence-corrected chi connectivity index (χ1v) is 7.32. The number of hydrogen-bond donors (Lipinski definition) is 3. The fourth-order valence-electron chi connectivity index (χ4n) is 1.90. The van der Waals surface area contributed by atoms with Crippen LogP contribution in [0.4, 0.5) is 0 Å². The molecule has 0 aromatic carbocycles. The van der Waals surface area contributed by atoms with E-state index in [1.807, 2.05) is 0 Å². The van der Waals surface area contributed by atoms with Gasteiger partial charge in [-0.25, -0.2) is 0 Å². The highest BCUT2D eigenvalue weighted by molar-refractivity contribution is 4.58. The van der Waals surface area contributed by atoms with Gasteiger partial charge in [0, 0.05) is 0 Å². The summed E-state index contributed by atoms with van der Waals surface area (Å²) in [6, 6.07) is 0. The van der Waals surface area contributed by atoms with E-state index in [2.05, 4.69) is 19.2 Å². The minimum atomic E-state index is -0.551. The quantitative estimate of drug-likeness (QED) is 0.366. The van der Waals surface area contributed by atoms with Gasteiger partial charge >= 0.3 is 0 Å². The van der Waals surface area contributed by atoms with E-state index in [0.717, 1.165) is 32.1 Å². The maximum absolute atomic E-state index is 9.65. The van der Waals surface area contributed by atoms with Gasteiger partial charge in [0.2, 0.25) is 0 Å². The molecule has 104 valence electrons. The number of hydrogen-bond acceptors (Lipinski definition) is 3. The Kier molecular flexibility index (Phi) is 12.3. The summed E-state index contributed by atoms with van der Waals surface area (Å²) in [5, 5.41) is 22.0. The minimum absolute atomic E-state index is 0.548. The molecule has 3 heteroatoms. The minimum Gasteiger partial charge on any atom is -0.379 e. The van der Waals surface area contributed by atoms with Gasteiger partial charge in [-0.2, -0.15) is 0 Å². The molecule has 0 rings (SSSR count). The molecule has 0 amide bonds. The van der Waals surface area contributed by atoms with Crippen LogP contribution < -0.4 is 5.32 Å². The zero-order valence-corrected chi connectivity index (χ0v) is 11.6. The largest absolute Gasteiger partial charge is 0.379 e. The normalized spacial score (nSPS) is 14.8. The second kappa shape index (κ2) is 12.3. The number of unbranched alkanes of at least 4 members (excludes halogenated alkanes) is 6. The van der Waals surface area contributed by atoms with Crippen LogP contribution >= 0.6 is 0 Å². The van der Waals surface area contributed by atoms with Crippen molar-refractivity contribution < 1.29 is 10.2 Å². The number of aliphatic hydroxyl groups excluding tert-OH is 2. The molecule has 17 heavy (non-hydrogen) atoms. The van der Waals surface area contributed by atoms with Crippen molar-refractivity contribution in [3.8, 4) is 0 Å². The van der Waals surface area contributed by atoms with Gasteiger partial charge in [-0.3, -0.25) is 5.32 Å². The average molecular weight is 245 g/mol. The standard InChI is InChI=1S/C14H31NO2/c1-3-5-7-8-9-10-12-14(17)15-13(16)11-6-4-2/h13-17H,3-12H2,1-2H3. The zero-order valence-electron chi connectivity index (χ0n) is 11.6. The van der Waals surface area contributed by atoms with Crippen LogP contribution in [-0.2, 0) is 0 Å². The van der Waals surface area contributed by atoms with E-state index < -0.39 is 12.5 Å². The number of nitrogens with one attached hydrogen (secondary N) is 1. The van der Waals surface area contributed by atoms with E-state index in [4.69, 9.17) is 0 Å². The van der Waals surface area contributed by atoms with Gasteiger partial charge in [-0.1, -0.05) is 52.4 Å². The van der Waals surface area contributed by atoms with E-state index in [0.29, 0.717) is 0 Å². The molecular weight excluding hydrogens is 214 g/mol. The maximum Gasteiger partial charge on any atom is 0.106 e. The summed E-state index contributed by atoms with van der Waals surface area (Å²) in [6.07, 6.45) is 9.83.